The van der Waals surface area contributed by atoms with E-state index in [-0.39, 0.29) is 11.8 Å². The lowest BCUT2D eigenvalue weighted by molar-refractivity contribution is 0.515. The molecule has 0 aromatic heterocycles. The lowest BCUT2D eigenvalue weighted by atomic mass is 10.3. The maximum Gasteiger partial charge on any atom is 0.148 e. The van der Waals surface area contributed by atoms with Crippen LogP contribution in [0, 0.1) is 0 Å². The summed E-state index contributed by atoms with van der Waals surface area (Å²) in [6.45, 7) is 3.97. The van der Waals surface area contributed by atoms with Gasteiger partial charge in [-0.1, -0.05) is 0 Å². The standard InChI is InChI=1S/C8H19NO2S2/c1-7(5-12-3)9-8(2)6-13(4,10)11/h7-9H,5-6H2,1-4H3. The van der Waals surface area contributed by atoms with Gasteiger partial charge in [0.2, 0.25) is 0 Å². The summed E-state index contributed by atoms with van der Waals surface area (Å²) in [4.78, 5) is 0. The lowest BCUT2D eigenvalue weighted by Gasteiger charge is -2.18. The van der Waals surface area contributed by atoms with Gasteiger partial charge in [-0.05, 0) is 20.1 Å². The molecule has 0 aromatic carbocycles. The van der Waals surface area contributed by atoms with Crippen LogP contribution in [0.3, 0.4) is 0 Å². The Morgan fingerprint density at radius 3 is 2.23 bits per heavy atom. The van der Waals surface area contributed by atoms with E-state index in [0.717, 1.165) is 5.75 Å². The molecule has 13 heavy (non-hydrogen) atoms. The molecular weight excluding hydrogens is 206 g/mol. The maximum atomic E-state index is 10.9. The van der Waals surface area contributed by atoms with Crippen LogP contribution in [0.25, 0.3) is 0 Å². The van der Waals surface area contributed by atoms with Crippen LogP contribution in [-0.2, 0) is 9.84 Å². The topological polar surface area (TPSA) is 46.2 Å². The van der Waals surface area contributed by atoms with Crippen molar-refractivity contribution in [3.63, 3.8) is 0 Å². The first-order valence-corrected chi connectivity index (χ1v) is 7.73. The van der Waals surface area contributed by atoms with Crippen molar-refractivity contribution in [2.45, 2.75) is 25.9 Å². The minimum atomic E-state index is -2.85. The highest BCUT2D eigenvalue weighted by atomic mass is 32.2. The van der Waals surface area contributed by atoms with E-state index in [4.69, 9.17) is 0 Å². The quantitative estimate of drug-likeness (QED) is 0.725. The smallest absolute Gasteiger partial charge is 0.148 e. The van der Waals surface area contributed by atoms with Gasteiger partial charge in [0, 0.05) is 24.1 Å². The number of hydrogen-bond donors (Lipinski definition) is 1. The molecule has 2 atom stereocenters. The fourth-order valence-electron chi connectivity index (χ4n) is 1.29. The molecule has 0 saturated heterocycles. The number of nitrogens with one attached hydrogen (secondary N) is 1. The van der Waals surface area contributed by atoms with Crippen LogP contribution < -0.4 is 5.32 Å². The van der Waals surface area contributed by atoms with E-state index >= 15 is 0 Å². The Kier molecular flexibility index (Phi) is 6.00. The second kappa shape index (κ2) is 5.88. The van der Waals surface area contributed by atoms with Gasteiger partial charge < -0.3 is 5.32 Å². The van der Waals surface area contributed by atoms with Crippen LogP contribution in [0.5, 0.6) is 0 Å². The monoisotopic (exact) mass is 225 g/mol. The zero-order valence-corrected chi connectivity index (χ0v) is 10.3. The molecular formula is C8H19NO2S2. The molecule has 0 bridgehead atoms. The molecule has 0 aromatic rings. The van der Waals surface area contributed by atoms with Gasteiger partial charge in [0.25, 0.3) is 0 Å². The Balaban J connectivity index is 3.80. The van der Waals surface area contributed by atoms with Gasteiger partial charge in [-0.2, -0.15) is 11.8 Å². The van der Waals surface area contributed by atoms with Gasteiger partial charge >= 0.3 is 0 Å². The van der Waals surface area contributed by atoms with Crippen LogP contribution in [0.4, 0.5) is 0 Å². The number of sulfone groups is 1. The molecule has 0 amide bonds. The van der Waals surface area contributed by atoms with Crippen molar-refractivity contribution in [3.8, 4) is 0 Å². The first-order chi connectivity index (χ1) is 5.85. The van der Waals surface area contributed by atoms with E-state index in [9.17, 15) is 8.42 Å². The summed E-state index contributed by atoms with van der Waals surface area (Å²) in [5, 5.41) is 3.24. The highest BCUT2D eigenvalue weighted by molar-refractivity contribution is 7.98. The molecule has 0 saturated carbocycles. The maximum absolute atomic E-state index is 10.9. The predicted molar refractivity (Wildman–Crippen MR) is 60.2 cm³/mol. The third-order valence-electron chi connectivity index (χ3n) is 1.54. The van der Waals surface area contributed by atoms with E-state index in [1.54, 1.807) is 11.8 Å². The van der Waals surface area contributed by atoms with Crippen molar-refractivity contribution in [3.05, 3.63) is 0 Å². The van der Waals surface area contributed by atoms with Gasteiger partial charge in [-0.25, -0.2) is 8.42 Å². The predicted octanol–water partition coefficient (Wildman–Crippen LogP) is 0.761. The molecule has 0 aliphatic rings. The van der Waals surface area contributed by atoms with Crippen molar-refractivity contribution in [2.75, 3.05) is 24.0 Å². The van der Waals surface area contributed by atoms with E-state index in [0.29, 0.717) is 6.04 Å². The van der Waals surface area contributed by atoms with Crippen LogP contribution >= 0.6 is 11.8 Å². The summed E-state index contributed by atoms with van der Waals surface area (Å²) in [5.41, 5.74) is 0. The van der Waals surface area contributed by atoms with Gasteiger partial charge in [-0.15, -0.1) is 0 Å². The van der Waals surface area contributed by atoms with Crippen LogP contribution in [0.2, 0.25) is 0 Å². The largest absolute Gasteiger partial charge is 0.310 e. The number of hydrogen-bond acceptors (Lipinski definition) is 4. The molecule has 80 valence electrons. The van der Waals surface area contributed by atoms with E-state index in [1.165, 1.54) is 6.26 Å². The number of rotatable bonds is 6. The van der Waals surface area contributed by atoms with Crippen LogP contribution in [-0.4, -0.2) is 44.5 Å². The van der Waals surface area contributed by atoms with Gasteiger partial charge in [0.15, 0.2) is 0 Å². The molecule has 0 spiro atoms. The highest BCUT2D eigenvalue weighted by Gasteiger charge is 2.12. The molecule has 0 radical (unpaired) electrons. The van der Waals surface area contributed by atoms with E-state index in [1.807, 2.05) is 13.2 Å². The third-order valence-corrected chi connectivity index (χ3v) is 3.48. The molecule has 0 fully saturated rings. The first kappa shape index (κ1) is 13.3. The van der Waals surface area contributed by atoms with Crippen LogP contribution in [0.15, 0.2) is 0 Å². The zero-order valence-electron chi connectivity index (χ0n) is 8.70. The fourth-order valence-corrected chi connectivity index (χ4v) is 2.89. The minimum Gasteiger partial charge on any atom is -0.310 e. The summed E-state index contributed by atoms with van der Waals surface area (Å²) in [6, 6.07) is 0.406. The summed E-state index contributed by atoms with van der Waals surface area (Å²) in [5.74, 6) is 1.22. The minimum absolute atomic E-state index is 0.0390. The second-order valence-corrected chi connectivity index (χ2v) is 6.61. The molecule has 0 rings (SSSR count). The Bertz CT molecular complexity index is 226. The zero-order chi connectivity index (χ0) is 10.5. The molecule has 0 aliphatic heterocycles. The second-order valence-electron chi connectivity index (χ2n) is 3.52. The number of thioether (sulfide) groups is 1. The van der Waals surface area contributed by atoms with Crippen molar-refractivity contribution in [2.24, 2.45) is 0 Å². The highest BCUT2D eigenvalue weighted by Crippen LogP contribution is 1.98. The first-order valence-electron chi connectivity index (χ1n) is 4.28. The Labute approximate surface area is 85.6 Å². The van der Waals surface area contributed by atoms with Gasteiger partial charge in [-0.3, -0.25) is 0 Å². The fraction of sp³-hybridized carbons (Fsp3) is 1.00. The molecule has 0 heterocycles. The normalized spacial score (nSPS) is 16.9. The average molecular weight is 225 g/mol. The third kappa shape index (κ3) is 8.59. The lowest BCUT2D eigenvalue weighted by Crippen LogP contribution is -2.39. The van der Waals surface area contributed by atoms with Gasteiger partial charge in [0.1, 0.15) is 9.84 Å². The summed E-state index contributed by atoms with van der Waals surface area (Å²) in [6.07, 6.45) is 3.31. The Morgan fingerprint density at radius 1 is 1.31 bits per heavy atom. The molecule has 3 nitrogen and oxygen atoms in total. The molecule has 0 aliphatic carbocycles. The summed E-state index contributed by atoms with van der Waals surface area (Å²) >= 11 is 1.76. The van der Waals surface area contributed by atoms with Gasteiger partial charge in [0.05, 0.1) is 5.75 Å². The Morgan fingerprint density at radius 2 is 1.85 bits per heavy atom. The SMILES string of the molecule is CSCC(C)NC(C)CS(C)(=O)=O. The summed E-state index contributed by atoms with van der Waals surface area (Å²) < 4.78 is 21.9. The van der Waals surface area contributed by atoms with E-state index < -0.39 is 9.84 Å². The van der Waals surface area contributed by atoms with Crippen molar-refractivity contribution >= 4 is 21.6 Å². The Hall–Kier alpha value is 0.260. The molecule has 5 heteroatoms. The van der Waals surface area contributed by atoms with E-state index in [2.05, 4.69) is 12.2 Å². The van der Waals surface area contributed by atoms with Crippen LogP contribution in [0.1, 0.15) is 13.8 Å². The molecule has 1 N–H and O–H groups in total. The average Bonchev–Trinajstić information content (AvgIpc) is 1.81. The molecule has 2 unspecified atom stereocenters. The van der Waals surface area contributed by atoms with Crippen molar-refractivity contribution < 1.29 is 8.42 Å². The van der Waals surface area contributed by atoms with Crippen molar-refractivity contribution in [1.29, 1.82) is 0 Å². The van der Waals surface area contributed by atoms with Crippen molar-refractivity contribution in [1.82, 2.24) is 5.32 Å². The summed E-state index contributed by atoms with van der Waals surface area (Å²) in [7, 11) is -2.85.